The van der Waals surface area contributed by atoms with Crippen LogP contribution in [0, 0.1) is 23.2 Å². The van der Waals surface area contributed by atoms with Gasteiger partial charge in [-0.3, -0.25) is 0 Å². The standard InChI is InChI=1S/C12H22/c1-4-6-10-7-12(8-11(10)12)9(3)5-2/h9-11H,4-8H2,1-3H3. The summed E-state index contributed by atoms with van der Waals surface area (Å²) < 4.78 is 0. The Hall–Kier alpha value is 0. The van der Waals surface area contributed by atoms with Crippen molar-refractivity contribution in [3.63, 3.8) is 0 Å². The molecule has 0 heterocycles. The molecule has 0 bridgehead atoms. The van der Waals surface area contributed by atoms with E-state index in [9.17, 15) is 0 Å². The van der Waals surface area contributed by atoms with E-state index in [2.05, 4.69) is 20.8 Å². The summed E-state index contributed by atoms with van der Waals surface area (Å²) in [5.74, 6) is 3.30. The van der Waals surface area contributed by atoms with Crippen molar-refractivity contribution in [3.05, 3.63) is 0 Å². The zero-order valence-electron chi connectivity index (χ0n) is 8.77. The van der Waals surface area contributed by atoms with Crippen LogP contribution in [0.2, 0.25) is 0 Å². The molecule has 70 valence electrons. The fraction of sp³-hybridized carbons (Fsp3) is 1.00. The minimum atomic E-state index is 0.870. The quantitative estimate of drug-likeness (QED) is 0.595. The van der Waals surface area contributed by atoms with E-state index in [-0.39, 0.29) is 0 Å². The molecule has 0 saturated heterocycles. The highest BCUT2D eigenvalue weighted by atomic mass is 14.7. The summed E-state index contributed by atoms with van der Waals surface area (Å²) >= 11 is 0. The van der Waals surface area contributed by atoms with Crippen LogP contribution < -0.4 is 0 Å². The molecule has 4 atom stereocenters. The minimum Gasteiger partial charge on any atom is -0.0654 e. The zero-order chi connectivity index (χ0) is 8.77. The van der Waals surface area contributed by atoms with E-state index in [1.807, 2.05) is 0 Å². The number of fused-ring (bicyclic) bond motifs is 1. The van der Waals surface area contributed by atoms with Crippen LogP contribution in [0.3, 0.4) is 0 Å². The third-order valence-electron chi connectivity index (χ3n) is 4.64. The second kappa shape index (κ2) is 2.75. The molecule has 0 heteroatoms. The largest absolute Gasteiger partial charge is 0.0654 e. The molecule has 4 unspecified atom stereocenters. The lowest BCUT2D eigenvalue weighted by molar-refractivity contribution is 0.106. The summed E-state index contributed by atoms with van der Waals surface area (Å²) in [5.41, 5.74) is 0.870. The van der Waals surface area contributed by atoms with Crippen LogP contribution in [0.15, 0.2) is 0 Å². The van der Waals surface area contributed by atoms with Crippen LogP contribution in [-0.4, -0.2) is 0 Å². The van der Waals surface area contributed by atoms with E-state index in [0.717, 1.165) is 23.2 Å². The zero-order valence-corrected chi connectivity index (χ0v) is 8.77. The van der Waals surface area contributed by atoms with Gasteiger partial charge < -0.3 is 0 Å². The smallest absolute Gasteiger partial charge is 0.0235 e. The van der Waals surface area contributed by atoms with Crippen LogP contribution >= 0.6 is 0 Å². The average molecular weight is 166 g/mol. The van der Waals surface area contributed by atoms with Crippen molar-refractivity contribution in [2.75, 3.05) is 0 Å². The highest BCUT2D eigenvalue weighted by Crippen LogP contribution is 2.75. The van der Waals surface area contributed by atoms with E-state index in [4.69, 9.17) is 0 Å². The first-order chi connectivity index (χ1) is 5.74. The Morgan fingerprint density at radius 1 is 1.33 bits per heavy atom. The molecule has 2 aliphatic carbocycles. The third-order valence-corrected chi connectivity index (χ3v) is 4.64. The van der Waals surface area contributed by atoms with Gasteiger partial charge in [0.1, 0.15) is 0 Å². The molecular weight excluding hydrogens is 144 g/mol. The summed E-state index contributed by atoms with van der Waals surface area (Å²) in [6, 6.07) is 0. The van der Waals surface area contributed by atoms with E-state index < -0.39 is 0 Å². The first-order valence-corrected chi connectivity index (χ1v) is 5.74. The molecule has 2 rings (SSSR count). The van der Waals surface area contributed by atoms with Crippen molar-refractivity contribution in [3.8, 4) is 0 Å². The van der Waals surface area contributed by atoms with Crippen molar-refractivity contribution in [1.82, 2.24) is 0 Å². The lowest BCUT2D eigenvalue weighted by Crippen LogP contribution is -2.31. The van der Waals surface area contributed by atoms with Crippen LogP contribution in [-0.2, 0) is 0 Å². The third kappa shape index (κ3) is 0.963. The second-order valence-corrected chi connectivity index (χ2v) is 5.11. The van der Waals surface area contributed by atoms with Crippen LogP contribution in [0.5, 0.6) is 0 Å². The predicted molar refractivity (Wildman–Crippen MR) is 53.0 cm³/mol. The Morgan fingerprint density at radius 2 is 2.08 bits per heavy atom. The molecule has 0 aromatic carbocycles. The van der Waals surface area contributed by atoms with E-state index in [1.165, 1.54) is 19.3 Å². The number of rotatable bonds is 4. The highest BCUT2D eigenvalue weighted by Gasteiger charge is 2.67. The molecule has 2 fully saturated rings. The highest BCUT2D eigenvalue weighted by molar-refractivity contribution is 5.16. The van der Waals surface area contributed by atoms with Crippen molar-refractivity contribution >= 4 is 0 Å². The summed E-state index contributed by atoms with van der Waals surface area (Å²) in [5, 5.41) is 0. The van der Waals surface area contributed by atoms with E-state index >= 15 is 0 Å². The van der Waals surface area contributed by atoms with Gasteiger partial charge in [-0.2, -0.15) is 0 Å². The van der Waals surface area contributed by atoms with Gasteiger partial charge in [0, 0.05) is 0 Å². The lowest BCUT2D eigenvalue weighted by Gasteiger charge is -2.38. The van der Waals surface area contributed by atoms with Gasteiger partial charge in [-0.25, -0.2) is 0 Å². The molecule has 0 amide bonds. The Morgan fingerprint density at radius 3 is 2.58 bits per heavy atom. The Kier molecular flexibility index (Phi) is 1.97. The molecular formula is C12H22. The number of hydrogen-bond acceptors (Lipinski definition) is 0. The second-order valence-electron chi connectivity index (χ2n) is 5.11. The molecule has 0 radical (unpaired) electrons. The van der Waals surface area contributed by atoms with Crippen molar-refractivity contribution in [2.45, 2.75) is 52.9 Å². The van der Waals surface area contributed by atoms with Crippen molar-refractivity contribution in [2.24, 2.45) is 23.2 Å². The van der Waals surface area contributed by atoms with E-state index in [0.29, 0.717) is 0 Å². The van der Waals surface area contributed by atoms with E-state index in [1.54, 1.807) is 12.8 Å². The van der Waals surface area contributed by atoms with Gasteiger partial charge >= 0.3 is 0 Å². The van der Waals surface area contributed by atoms with Gasteiger partial charge in [-0.05, 0) is 36.0 Å². The maximum absolute atomic E-state index is 2.46. The van der Waals surface area contributed by atoms with Gasteiger partial charge in [0.15, 0.2) is 0 Å². The maximum Gasteiger partial charge on any atom is -0.0235 e. The average Bonchev–Trinajstić information content (AvgIpc) is 2.67. The van der Waals surface area contributed by atoms with Gasteiger partial charge in [-0.1, -0.05) is 40.0 Å². The maximum atomic E-state index is 2.46. The normalized spacial score (nSPS) is 46.2. The van der Waals surface area contributed by atoms with Gasteiger partial charge in [0.05, 0.1) is 0 Å². The van der Waals surface area contributed by atoms with Gasteiger partial charge in [-0.15, -0.1) is 0 Å². The first-order valence-electron chi connectivity index (χ1n) is 5.74. The molecule has 0 aromatic rings. The van der Waals surface area contributed by atoms with Crippen LogP contribution in [0.4, 0.5) is 0 Å². The Labute approximate surface area is 76.7 Å². The summed E-state index contributed by atoms with van der Waals surface area (Å²) in [6.45, 7) is 7.13. The molecule has 0 spiro atoms. The summed E-state index contributed by atoms with van der Waals surface area (Å²) in [6.07, 6.45) is 7.45. The monoisotopic (exact) mass is 166 g/mol. The lowest BCUT2D eigenvalue weighted by atomic mass is 9.66. The van der Waals surface area contributed by atoms with Gasteiger partial charge in [0.25, 0.3) is 0 Å². The van der Waals surface area contributed by atoms with Crippen molar-refractivity contribution in [1.29, 1.82) is 0 Å². The van der Waals surface area contributed by atoms with Gasteiger partial charge in [0.2, 0.25) is 0 Å². The SMILES string of the molecule is CCCC1CC2(C(C)CC)CC12. The number of hydrogen-bond donors (Lipinski definition) is 0. The Bertz CT molecular complexity index is 173. The molecule has 12 heavy (non-hydrogen) atoms. The van der Waals surface area contributed by atoms with Crippen LogP contribution in [0.25, 0.3) is 0 Å². The summed E-state index contributed by atoms with van der Waals surface area (Å²) in [4.78, 5) is 0. The minimum absolute atomic E-state index is 0.870. The fourth-order valence-corrected chi connectivity index (χ4v) is 3.54. The molecule has 2 aliphatic rings. The van der Waals surface area contributed by atoms with Crippen LogP contribution in [0.1, 0.15) is 52.9 Å². The summed E-state index contributed by atoms with van der Waals surface area (Å²) in [7, 11) is 0. The first kappa shape index (κ1) is 8.59. The predicted octanol–water partition coefficient (Wildman–Crippen LogP) is 3.86. The molecule has 0 N–H and O–H groups in total. The molecule has 2 saturated carbocycles. The molecule has 0 aromatic heterocycles. The molecule has 0 aliphatic heterocycles. The molecule has 0 nitrogen and oxygen atoms in total. The topological polar surface area (TPSA) is 0 Å². The Balaban J connectivity index is 1.84. The fourth-order valence-electron chi connectivity index (χ4n) is 3.54. The van der Waals surface area contributed by atoms with Crippen molar-refractivity contribution < 1.29 is 0 Å².